The molecule has 3 aromatic rings. The number of hydrogen-bond donors (Lipinski definition) is 3. The van der Waals surface area contributed by atoms with Crippen LogP contribution in [0.15, 0.2) is 48.5 Å². The molecule has 4 amide bonds. The van der Waals surface area contributed by atoms with Gasteiger partial charge < -0.3 is 25.0 Å². The molecule has 5 bridgehead atoms. The normalized spacial score (nSPS) is 26.8. The summed E-state index contributed by atoms with van der Waals surface area (Å²) in [6, 6.07) is 13.2. The monoisotopic (exact) mass is 788 g/mol. The van der Waals surface area contributed by atoms with Crippen LogP contribution >= 0.6 is 0 Å². The van der Waals surface area contributed by atoms with Crippen molar-refractivity contribution in [3.05, 3.63) is 54.1 Å². The molecule has 7 rings (SSSR count). The summed E-state index contributed by atoms with van der Waals surface area (Å²) in [6.45, 7) is 10.9. The molecule has 5 atom stereocenters. The number of aromatic nitrogens is 2. The van der Waals surface area contributed by atoms with Crippen molar-refractivity contribution in [1.29, 1.82) is 0 Å². The molecule has 56 heavy (non-hydrogen) atoms. The second kappa shape index (κ2) is 14.6. The first-order valence-corrected chi connectivity index (χ1v) is 21.1. The summed E-state index contributed by atoms with van der Waals surface area (Å²) in [5.74, 6) is -1.99. The first-order chi connectivity index (χ1) is 26.4. The number of amides is 4. The van der Waals surface area contributed by atoms with E-state index in [0.29, 0.717) is 55.3 Å². The van der Waals surface area contributed by atoms with Crippen molar-refractivity contribution in [2.75, 3.05) is 6.54 Å². The lowest BCUT2D eigenvalue weighted by Gasteiger charge is -2.36. The molecule has 15 heteroatoms. The van der Waals surface area contributed by atoms with Crippen molar-refractivity contribution >= 4 is 44.9 Å². The van der Waals surface area contributed by atoms with E-state index < -0.39 is 73.8 Å². The third-order valence-corrected chi connectivity index (χ3v) is 13.2. The van der Waals surface area contributed by atoms with Gasteiger partial charge in [0, 0.05) is 12.0 Å². The van der Waals surface area contributed by atoms with Crippen molar-refractivity contribution in [1.82, 2.24) is 30.2 Å². The number of nitrogens with one attached hydrogen (secondary N) is 3. The minimum absolute atomic E-state index is 0.0226. The highest BCUT2D eigenvalue weighted by atomic mass is 32.2. The molecule has 3 fully saturated rings. The Labute approximate surface area is 327 Å². The summed E-state index contributed by atoms with van der Waals surface area (Å²) in [5.41, 5.74) is 0.472. The number of nitrogens with zero attached hydrogens (tertiary/aromatic N) is 3. The third-order valence-electron chi connectivity index (χ3n) is 11.4. The van der Waals surface area contributed by atoms with Gasteiger partial charge in [-0.25, -0.2) is 23.2 Å². The predicted molar refractivity (Wildman–Crippen MR) is 209 cm³/mol. The lowest BCUT2D eigenvalue weighted by Crippen LogP contribution is -2.60. The summed E-state index contributed by atoms with van der Waals surface area (Å²) in [4.78, 5) is 67.7. The maximum Gasteiger partial charge on any atom is 0.408 e. The smallest absolute Gasteiger partial charge is 0.408 e. The maximum atomic E-state index is 14.7. The zero-order valence-corrected chi connectivity index (χ0v) is 33.7. The van der Waals surface area contributed by atoms with Crippen LogP contribution in [0.5, 0.6) is 5.88 Å². The van der Waals surface area contributed by atoms with Crippen LogP contribution < -0.4 is 20.1 Å². The van der Waals surface area contributed by atoms with Crippen LogP contribution in [0.25, 0.3) is 22.3 Å². The average Bonchev–Trinajstić information content (AvgIpc) is 4.06. The lowest BCUT2D eigenvalue weighted by atomic mass is 9.85. The van der Waals surface area contributed by atoms with Crippen LogP contribution in [0, 0.1) is 11.3 Å². The number of carbonyl (C=O) groups is 4. The molecule has 14 nitrogen and oxygen atoms in total. The summed E-state index contributed by atoms with van der Waals surface area (Å²) in [7, 11) is -3.88. The van der Waals surface area contributed by atoms with Gasteiger partial charge in [-0.2, -0.15) is 0 Å². The summed E-state index contributed by atoms with van der Waals surface area (Å²) < 4.78 is 40.4. The van der Waals surface area contributed by atoms with E-state index in [2.05, 4.69) is 15.4 Å². The van der Waals surface area contributed by atoms with E-state index in [4.69, 9.17) is 19.4 Å². The van der Waals surface area contributed by atoms with Gasteiger partial charge in [-0.05, 0) is 81.4 Å². The van der Waals surface area contributed by atoms with Gasteiger partial charge in [-0.1, -0.05) is 70.5 Å². The minimum Gasteiger partial charge on any atom is -0.471 e. The van der Waals surface area contributed by atoms with Crippen molar-refractivity contribution in [2.24, 2.45) is 11.3 Å². The molecular weight excluding hydrogens is 737 g/mol. The highest BCUT2D eigenvalue weighted by molar-refractivity contribution is 7.91. The van der Waals surface area contributed by atoms with Gasteiger partial charge >= 0.3 is 6.09 Å². The average molecular weight is 789 g/mol. The van der Waals surface area contributed by atoms with E-state index in [-0.39, 0.29) is 31.2 Å². The number of fused-ring (bicyclic) bond motifs is 4. The number of benzene rings is 2. The molecule has 300 valence electrons. The number of ether oxygens (including phenoxy) is 2. The predicted octanol–water partition coefficient (Wildman–Crippen LogP) is 4.79. The van der Waals surface area contributed by atoms with Crippen LogP contribution in [0.1, 0.15) is 92.1 Å². The van der Waals surface area contributed by atoms with Gasteiger partial charge in [0.2, 0.25) is 27.7 Å². The number of alkyl carbamates (subject to hydrolysis) is 1. The molecule has 1 aromatic heterocycles. The zero-order valence-electron chi connectivity index (χ0n) is 32.9. The first kappa shape index (κ1) is 39.4. The van der Waals surface area contributed by atoms with E-state index in [0.717, 1.165) is 11.1 Å². The highest BCUT2D eigenvalue weighted by Crippen LogP contribution is 2.47. The fourth-order valence-electron chi connectivity index (χ4n) is 7.92. The first-order valence-electron chi connectivity index (χ1n) is 19.6. The number of sulfonamides is 1. The Bertz CT molecular complexity index is 2150. The molecule has 2 aliphatic heterocycles. The fourth-order valence-corrected chi connectivity index (χ4v) is 9.28. The van der Waals surface area contributed by atoms with E-state index >= 15 is 0 Å². The van der Waals surface area contributed by atoms with Crippen molar-refractivity contribution < 1.29 is 37.1 Å². The van der Waals surface area contributed by atoms with Gasteiger partial charge in [0.05, 0.1) is 22.8 Å². The van der Waals surface area contributed by atoms with Gasteiger partial charge in [0.25, 0.3) is 5.91 Å². The zero-order chi connectivity index (χ0) is 40.2. The molecule has 3 N–H and O–H groups in total. The van der Waals surface area contributed by atoms with E-state index in [9.17, 15) is 27.6 Å². The lowest BCUT2D eigenvalue weighted by molar-refractivity contribution is -0.143. The van der Waals surface area contributed by atoms with Crippen LogP contribution in [0.2, 0.25) is 0 Å². The molecular formula is C41H52N6O8S. The molecule has 0 unspecified atom stereocenters. The molecule has 2 aliphatic carbocycles. The molecule has 3 heterocycles. The molecule has 0 spiro atoms. The quantitative estimate of drug-likeness (QED) is 0.301. The summed E-state index contributed by atoms with van der Waals surface area (Å²) >= 11 is 0. The Balaban J connectivity index is 1.27. The van der Waals surface area contributed by atoms with Crippen molar-refractivity contribution in [3.8, 4) is 17.1 Å². The van der Waals surface area contributed by atoms with Crippen molar-refractivity contribution in [3.63, 3.8) is 0 Å². The number of hydrogen-bond acceptors (Lipinski definition) is 10. The van der Waals surface area contributed by atoms with E-state index in [1.807, 2.05) is 90.1 Å². The van der Waals surface area contributed by atoms with Gasteiger partial charge in [-0.3, -0.25) is 19.1 Å². The minimum atomic E-state index is -3.88. The Kier molecular flexibility index (Phi) is 10.3. The van der Waals surface area contributed by atoms with Crippen LogP contribution in [-0.2, 0) is 35.6 Å². The SMILES string of the molecule is CC[C@@H]1C[C@@]1(NC(=O)[C@@H]1C[C@@H]2CN1C(=O)[C@H](C(C)(C)C)NC(=O)OC(C)(C)CCCc1ccc3nc(-c4ccccc4)c(nc3c1)O2)C(=O)NS(=O)(=O)C1CC1. The van der Waals surface area contributed by atoms with Gasteiger partial charge in [-0.15, -0.1) is 0 Å². The Morgan fingerprint density at radius 3 is 2.43 bits per heavy atom. The Hall–Kier alpha value is -4.79. The standard InChI is InChI=1S/C41H52N6O8S/c1-7-26-22-41(26,37(50)46-56(52,53)28-16-17-28)45-34(48)31-21-27-23-47(31)36(49)33(39(2,3)4)44-38(51)55-40(5,6)19-11-12-24-15-18-29-30(20-24)43-35(54-27)32(42-29)25-13-9-8-10-14-25/h8-10,13-15,18,20,26-28,31,33H,7,11-12,16-17,19,21-23H2,1-6H3,(H,44,51)(H,45,48)(H,46,50)/t26-,27-,31+,33-,41+/m1/s1. The number of rotatable bonds is 7. The molecule has 1 saturated heterocycles. The van der Waals surface area contributed by atoms with Crippen molar-refractivity contribution in [2.45, 2.75) is 127 Å². The maximum absolute atomic E-state index is 14.7. The molecule has 0 radical (unpaired) electrons. The molecule has 4 aliphatic rings. The Morgan fingerprint density at radius 2 is 1.77 bits per heavy atom. The number of cyclic esters (lactones) is 1. The van der Waals surface area contributed by atoms with Gasteiger partial charge in [0.15, 0.2) is 0 Å². The Morgan fingerprint density at radius 1 is 1.04 bits per heavy atom. The van der Waals surface area contributed by atoms with E-state index in [1.54, 1.807) is 0 Å². The van der Waals surface area contributed by atoms with Crippen LogP contribution in [0.3, 0.4) is 0 Å². The molecule has 2 saturated carbocycles. The van der Waals surface area contributed by atoms with Crippen LogP contribution in [-0.4, -0.2) is 88.2 Å². The summed E-state index contributed by atoms with van der Waals surface area (Å²) in [5, 5.41) is 5.07. The fraction of sp³-hybridized carbons (Fsp3) is 0.561. The highest BCUT2D eigenvalue weighted by Gasteiger charge is 2.62. The van der Waals surface area contributed by atoms with Gasteiger partial charge in [0.1, 0.15) is 35.0 Å². The van der Waals surface area contributed by atoms with E-state index in [1.165, 1.54) is 4.90 Å². The number of carbonyl (C=O) groups excluding carboxylic acids is 4. The van der Waals surface area contributed by atoms with Crippen LogP contribution in [0.4, 0.5) is 4.79 Å². The second-order valence-electron chi connectivity index (χ2n) is 17.4. The summed E-state index contributed by atoms with van der Waals surface area (Å²) in [6.07, 6.45) is 2.20. The third kappa shape index (κ3) is 8.19. The largest absolute Gasteiger partial charge is 0.471 e. The topological polar surface area (TPSA) is 186 Å². The second-order valence-corrected chi connectivity index (χ2v) is 19.4. The molecule has 2 aromatic carbocycles. The number of aryl methyl sites for hydroxylation is 1.